The summed E-state index contributed by atoms with van der Waals surface area (Å²) in [5.41, 5.74) is 0.464. The van der Waals surface area contributed by atoms with Crippen LogP contribution in [0.25, 0.3) is 0 Å². The first-order chi connectivity index (χ1) is 8.58. The van der Waals surface area contributed by atoms with Gasteiger partial charge in [0, 0.05) is 12.6 Å². The number of carboxylic acids is 1. The molecule has 1 saturated heterocycles. The molecular weight excluding hydrogens is 234 g/mol. The summed E-state index contributed by atoms with van der Waals surface area (Å²) in [6, 6.07) is 2.99. The maximum atomic E-state index is 11.9. The average Bonchev–Trinajstić information content (AvgIpc) is 2.76. The highest BCUT2D eigenvalue weighted by molar-refractivity contribution is 5.90. The van der Waals surface area contributed by atoms with Gasteiger partial charge in [0.25, 0.3) is 0 Å². The first kappa shape index (κ1) is 12.3. The SMILES string of the molecule is CC1CCCN1C(=O)Nc1ccc(C(=O)O)nc1. The molecule has 0 saturated carbocycles. The molecular formula is C12H15N3O3. The number of amides is 2. The van der Waals surface area contributed by atoms with E-state index in [0.29, 0.717) is 5.69 Å². The van der Waals surface area contributed by atoms with Gasteiger partial charge in [0.1, 0.15) is 5.69 Å². The molecule has 1 atom stereocenters. The molecule has 1 aliphatic heterocycles. The van der Waals surface area contributed by atoms with E-state index < -0.39 is 5.97 Å². The number of pyridine rings is 1. The lowest BCUT2D eigenvalue weighted by molar-refractivity contribution is 0.0690. The predicted octanol–water partition coefficient (Wildman–Crippen LogP) is 1.80. The molecule has 18 heavy (non-hydrogen) atoms. The predicted molar refractivity (Wildman–Crippen MR) is 65.6 cm³/mol. The van der Waals surface area contributed by atoms with E-state index in [1.54, 1.807) is 4.90 Å². The van der Waals surface area contributed by atoms with Crippen LogP contribution in [0.2, 0.25) is 0 Å². The minimum absolute atomic E-state index is 0.0393. The molecule has 96 valence electrons. The summed E-state index contributed by atoms with van der Waals surface area (Å²) >= 11 is 0. The van der Waals surface area contributed by atoms with E-state index in [1.165, 1.54) is 18.3 Å². The monoisotopic (exact) mass is 249 g/mol. The summed E-state index contributed by atoms with van der Waals surface area (Å²) in [5, 5.41) is 11.4. The fourth-order valence-corrected chi connectivity index (χ4v) is 2.02. The van der Waals surface area contributed by atoms with Crippen molar-refractivity contribution < 1.29 is 14.7 Å². The second kappa shape index (κ2) is 5.03. The Balaban J connectivity index is 2.00. The minimum Gasteiger partial charge on any atom is -0.477 e. The molecule has 2 rings (SSSR count). The number of nitrogens with zero attached hydrogens (tertiary/aromatic N) is 2. The van der Waals surface area contributed by atoms with Crippen LogP contribution in [0.4, 0.5) is 10.5 Å². The molecule has 1 aliphatic rings. The van der Waals surface area contributed by atoms with Crippen molar-refractivity contribution in [3.8, 4) is 0 Å². The summed E-state index contributed by atoms with van der Waals surface area (Å²) in [6.45, 7) is 2.77. The van der Waals surface area contributed by atoms with Crippen LogP contribution in [0.5, 0.6) is 0 Å². The fraction of sp³-hybridized carbons (Fsp3) is 0.417. The van der Waals surface area contributed by atoms with Crippen LogP contribution in [-0.4, -0.2) is 39.6 Å². The summed E-state index contributed by atoms with van der Waals surface area (Å²) in [7, 11) is 0. The van der Waals surface area contributed by atoms with Crippen LogP contribution in [0.15, 0.2) is 18.3 Å². The summed E-state index contributed by atoms with van der Waals surface area (Å²) in [6.07, 6.45) is 3.39. The molecule has 6 heteroatoms. The van der Waals surface area contributed by atoms with Crippen molar-refractivity contribution in [1.82, 2.24) is 9.88 Å². The van der Waals surface area contributed by atoms with E-state index >= 15 is 0 Å². The Bertz CT molecular complexity index is 458. The van der Waals surface area contributed by atoms with E-state index in [-0.39, 0.29) is 17.8 Å². The third-order valence-corrected chi connectivity index (χ3v) is 3.05. The van der Waals surface area contributed by atoms with Crippen molar-refractivity contribution in [2.75, 3.05) is 11.9 Å². The maximum absolute atomic E-state index is 11.9. The summed E-state index contributed by atoms with van der Waals surface area (Å²) in [5.74, 6) is -1.08. The molecule has 1 aromatic heterocycles. The van der Waals surface area contributed by atoms with Crippen molar-refractivity contribution in [2.45, 2.75) is 25.8 Å². The van der Waals surface area contributed by atoms with Crippen LogP contribution in [0, 0.1) is 0 Å². The lowest BCUT2D eigenvalue weighted by Gasteiger charge is -2.21. The largest absolute Gasteiger partial charge is 0.477 e. The zero-order chi connectivity index (χ0) is 13.1. The van der Waals surface area contributed by atoms with Gasteiger partial charge in [-0.15, -0.1) is 0 Å². The number of aromatic carboxylic acids is 1. The van der Waals surface area contributed by atoms with E-state index in [4.69, 9.17) is 5.11 Å². The van der Waals surface area contributed by atoms with E-state index in [2.05, 4.69) is 10.3 Å². The molecule has 0 spiro atoms. The molecule has 2 amide bonds. The third-order valence-electron chi connectivity index (χ3n) is 3.05. The topological polar surface area (TPSA) is 82.5 Å². The number of hydrogen-bond acceptors (Lipinski definition) is 3. The van der Waals surface area contributed by atoms with Gasteiger partial charge in [-0.25, -0.2) is 14.6 Å². The number of carboxylic acid groups (broad SMARTS) is 1. The van der Waals surface area contributed by atoms with Crippen molar-refractivity contribution in [3.05, 3.63) is 24.0 Å². The number of likely N-dealkylation sites (tertiary alicyclic amines) is 1. The molecule has 0 aromatic carbocycles. The Morgan fingerprint density at radius 3 is 2.78 bits per heavy atom. The molecule has 2 N–H and O–H groups in total. The number of aromatic nitrogens is 1. The zero-order valence-electron chi connectivity index (χ0n) is 10.1. The smallest absolute Gasteiger partial charge is 0.354 e. The number of hydrogen-bond donors (Lipinski definition) is 2. The van der Waals surface area contributed by atoms with Gasteiger partial charge in [0.2, 0.25) is 0 Å². The number of rotatable bonds is 2. The van der Waals surface area contributed by atoms with Gasteiger partial charge >= 0.3 is 12.0 Å². The highest BCUT2D eigenvalue weighted by Crippen LogP contribution is 2.18. The summed E-state index contributed by atoms with van der Waals surface area (Å²) in [4.78, 5) is 28.1. The van der Waals surface area contributed by atoms with E-state index in [0.717, 1.165) is 19.4 Å². The Labute approximate surface area is 105 Å². The molecule has 6 nitrogen and oxygen atoms in total. The van der Waals surface area contributed by atoms with Crippen molar-refractivity contribution >= 4 is 17.7 Å². The molecule has 0 bridgehead atoms. The lowest BCUT2D eigenvalue weighted by Crippen LogP contribution is -2.37. The molecule has 0 radical (unpaired) electrons. The van der Waals surface area contributed by atoms with Crippen LogP contribution >= 0.6 is 0 Å². The van der Waals surface area contributed by atoms with Gasteiger partial charge in [0.05, 0.1) is 11.9 Å². The van der Waals surface area contributed by atoms with Crippen molar-refractivity contribution in [3.63, 3.8) is 0 Å². The normalized spacial score (nSPS) is 18.7. The third kappa shape index (κ3) is 2.58. The fourth-order valence-electron chi connectivity index (χ4n) is 2.02. The van der Waals surface area contributed by atoms with Gasteiger partial charge in [-0.2, -0.15) is 0 Å². The van der Waals surface area contributed by atoms with Gasteiger partial charge < -0.3 is 15.3 Å². The molecule has 1 aromatic rings. The Kier molecular flexibility index (Phi) is 3.45. The average molecular weight is 249 g/mol. The number of urea groups is 1. The highest BCUT2D eigenvalue weighted by Gasteiger charge is 2.24. The lowest BCUT2D eigenvalue weighted by atomic mass is 10.2. The number of carbonyl (C=O) groups excluding carboxylic acids is 1. The van der Waals surface area contributed by atoms with Crippen LogP contribution < -0.4 is 5.32 Å². The Morgan fingerprint density at radius 2 is 2.28 bits per heavy atom. The number of nitrogens with one attached hydrogen (secondary N) is 1. The van der Waals surface area contributed by atoms with Crippen LogP contribution in [0.1, 0.15) is 30.3 Å². The number of carbonyl (C=O) groups is 2. The molecule has 2 heterocycles. The van der Waals surface area contributed by atoms with Crippen LogP contribution in [0.3, 0.4) is 0 Å². The van der Waals surface area contributed by atoms with Crippen molar-refractivity contribution in [1.29, 1.82) is 0 Å². The quantitative estimate of drug-likeness (QED) is 0.837. The van der Waals surface area contributed by atoms with Gasteiger partial charge in [-0.3, -0.25) is 0 Å². The first-order valence-electron chi connectivity index (χ1n) is 5.85. The van der Waals surface area contributed by atoms with Gasteiger partial charge in [-0.05, 0) is 31.9 Å². The number of anilines is 1. The highest BCUT2D eigenvalue weighted by atomic mass is 16.4. The standard InChI is InChI=1S/C12H15N3O3/c1-8-3-2-6-15(8)12(18)14-9-4-5-10(11(16)17)13-7-9/h4-5,7-8H,2-3,6H2,1H3,(H,14,18)(H,16,17). The first-order valence-corrected chi connectivity index (χ1v) is 5.85. The van der Waals surface area contributed by atoms with Crippen LogP contribution in [-0.2, 0) is 0 Å². The minimum atomic E-state index is -1.08. The summed E-state index contributed by atoms with van der Waals surface area (Å²) < 4.78 is 0. The molecule has 1 unspecified atom stereocenters. The maximum Gasteiger partial charge on any atom is 0.354 e. The van der Waals surface area contributed by atoms with Crippen molar-refractivity contribution in [2.24, 2.45) is 0 Å². The van der Waals surface area contributed by atoms with E-state index in [1.807, 2.05) is 6.92 Å². The second-order valence-corrected chi connectivity index (χ2v) is 4.35. The van der Waals surface area contributed by atoms with E-state index in [9.17, 15) is 9.59 Å². The molecule has 0 aliphatic carbocycles. The van der Waals surface area contributed by atoms with Gasteiger partial charge in [-0.1, -0.05) is 0 Å². The molecule has 1 fully saturated rings. The second-order valence-electron chi connectivity index (χ2n) is 4.35. The van der Waals surface area contributed by atoms with Gasteiger partial charge in [0.15, 0.2) is 0 Å². The Hall–Kier alpha value is -2.11. The zero-order valence-corrected chi connectivity index (χ0v) is 10.1. The Morgan fingerprint density at radius 1 is 1.50 bits per heavy atom.